The van der Waals surface area contributed by atoms with E-state index >= 15 is 0 Å². The van der Waals surface area contributed by atoms with Crippen molar-refractivity contribution in [3.8, 4) is 0 Å². The van der Waals surface area contributed by atoms with Crippen LogP contribution in [0.3, 0.4) is 0 Å². The Morgan fingerprint density at radius 2 is 1.96 bits per heavy atom. The number of H-pyrrole nitrogens is 1. The van der Waals surface area contributed by atoms with Crippen LogP contribution in [0.4, 0.5) is 11.5 Å². The first-order valence-electron chi connectivity index (χ1n) is 9.06. The van der Waals surface area contributed by atoms with Crippen LogP contribution in [0.15, 0.2) is 30.3 Å². The Labute approximate surface area is 156 Å². The smallest absolute Gasteiger partial charge is 0.239 e. The highest BCUT2D eigenvalue weighted by Crippen LogP contribution is 2.39. The van der Waals surface area contributed by atoms with Gasteiger partial charge in [0.15, 0.2) is 5.82 Å². The monoisotopic (exact) mass is 367 g/mol. The number of hydrogen-bond donors (Lipinski definition) is 3. The number of hydrogen-bond acceptors (Lipinski definition) is 4. The molecule has 1 saturated carbocycles. The molecule has 1 unspecified atom stereocenters. The molecular weight excluding hydrogens is 346 g/mol. The van der Waals surface area contributed by atoms with Crippen molar-refractivity contribution >= 4 is 29.2 Å². The topological polar surface area (TPSA) is 121 Å². The molecular formula is C19H21N5O3. The Kier molecular flexibility index (Phi) is 4.39. The van der Waals surface area contributed by atoms with Crippen molar-refractivity contribution in [3.05, 3.63) is 41.6 Å². The summed E-state index contributed by atoms with van der Waals surface area (Å²) in [5, 5.41) is 9.86. The maximum Gasteiger partial charge on any atom is 0.239 e. The first-order valence-corrected chi connectivity index (χ1v) is 9.06. The van der Waals surface area contributed by atoms with Gasteiger partial charge in [-0.3, -0.25) is 19.5 Å². The lowest BCUT2D eigenvalue weighted by molar-refractivity contribution is -0.130. The van der Waals surface area contributed by atoms with Crippen molar-refractivity contribution in [2.45, 2.75) is 31.6 Å². The largest absolute Gasteiger partial charge is 0.369 e. The van der Waals surface area contributed by atoms with Crippen LogP contribution in [0.5, 0.6) is 0 Å². The lowest BCUT2D eigenvalue weighted by Gasteiger charge is -2.16. The summed E-state index contributed by atoms with van der Waals surface area (Å²) in [7, 11) is 0. The number of aromatic amines is 1. The number of nitrogens with zero attached hydrogens (tertiary/aromatic N) is 2. The summed E-state index contributed by atoms with van der Waals surface area (Å²) in [6.45, 7) is 0.467. The van der Waals surface area contributed by atoms with Gasteiger partial charge in [0.2, 0.25) is 17.7 Å². The number of anilines is 2. The Morgan fingerprint density at radius 3 is 2.59 bits per heavy atom. The van der Waals surface area contributed by atoms with Crippen molar-refractivity contribution in [1.29, 1.82) is 0 Å². The predicted molar refractivity (Wildman–Crippen MR) is 99.0 cm³/mol. The third kappa shape index (κ3) is 3.69. The van der Waals surface area contributed by atoms with Crippen LogP contribution in [0.1, 0.15) is 36.4 Å². The molecule has 4 rings (SSSR count). The van der Waals surface area contributed by atoms with E-state index in [1.165, 1.54) is 12.8 Å². The van der Waals surface area contributed by atoms with Gasteiger partial charge in [0.25, 0.3) is 0 Å². The zero-order valence-electron chi connectivity index (χ0n) is 14.8. The third-order valence-corrected chi connectivity index (χ3v) is 5.04. The van der Waals surface area contributed by atoms with E-state index in [4.69, 9.17) is 5.73 Å². The average Bonchev–Trinajstić information content (AvgIpc) is 3.26. The van der Waals surface area contributed by atoms with Gasteiger partial charge >= 0.3 is 0 Å². The predicted octanol–water partition coefficient (Wildman–Crippen LogP) is 1.31. The van der Waals surface area contributed by atoms with Crippen LogP contribution >= 0.6 is 0 Å². The number of amides is 3. The second kappa shape index (κ2) is 6.86. The third-order valence-electron chi connectivity index (χ3n) is 5.04. The van der Waals surface area contributed by atoms with Crippen LogP contribution in [-0.4, -0.2) is 34.5 Å². The molecule has 0 bridgehead atoms. The second-order valence-corrected chi connectivity index (χ2v) is 7.11. The number of benzene rings is 1. The Morgan fingerprint density at radius 1 is 1.22 bits per heavy atom. The average molecular weight is 367 g/mol. The maximum atomic E-state index is 12.2. The van der Waals surface area contributed by atoms with E-state index in [1.807, 2.05) is 6.07 Å². The highest BCUT2D eigenvalue weighted by molar-refractivity contribution is 6.09. The molecule has 1 aromatic carbocycles. The van der Waals surface area contributed by atoms with Gasteiger partial charge in [0.1, 0.15) is 5.92 Å². The van der Waals surface area contributed by atoms with E-state index in [9.17, 15) is 14.4 Å². The highest BCUT2D eigenvalue weighted by Gasteiger charge is 2.36. The summed E-state index contributed by atoms with van der Waals surface area (Å²) < 4.78 is 0. The number of primary amides is 1. The van der Waals surface area contributed by atoms with Crippen molar-refractivity contribution < 1.29 is 14.4 Å². The van der Waals surface area contributed by atoms with E-state index < -0.39 is 11.8 Å². The SMILES string of the molecule is NC(=O)C1CCN(c2ccc(CC(=O)Nc3cc(C4CC4)[nH]n3)cc2)C1=O. The molecule has 140 valence electrons. The molecule has 2 aliphatic rings. The molecule has 2 aromatic rings. The van der Waals surface area contributed by atoms with Crippen molar-refractivity contribution in [2.24, 2.45) is 11.7 Å². The van der Waals surface area contributed by atoms with E-state index in [0.29, 0.717) is 30.4 Å². The summed E-state index contributed by atoms with van der Waals surface area (Å²) in [6, 6.07) is 9.06. The van der Waals surface area contributed by atoms with Crippen LogP contribution in [0.2, 0.25) is 0 Å². The summed E-state index contributed by atoms with van der Waals surface area (Å²) in [5.41, 5.74) is 7.85. The van der Waals surface area contributed by atoms with Gasteiger partial charge in [-0.05, 0) is 37.0 Å². The second-order valence-electron chi connectivity index (χ2n) is 7.11. The fourth-order valence-corrected chi connectivity index (χ4v) is 3.37. The quantitative estimate of drug-likeness (QED) is 0.666. The van der Waals surface area contributed by atoms with Crippen LogP contribution in [-0.2, 0) is 20.8 Å². The fraction of sp³-hybridized carbons (Fsp3) is 0.368. The summed E-state index contributed by atoms with van der Waals surface area (Å²) in [5.74, 6) is -0.652. The molecule has 27 heavy (non-hydrogen) atoms. The van der Waals surface area contributed by atoms with E-state index in [0.717, 1.165) is 11.3 Å². The number of carbonyl (C=O) groups is 3. The molecule has 1 aliphatic carbocycles. The molecule has 8 nitrogen and oxygen atoms in total. The Hall–Kier alpha value is -3.16. The molecule has 1 aromatic heterocycles. The molecule has 0 spiro atoms. The zero-order chi connectivity index (χ0) is 19.0. The lowest BCUT2D eigenvalue weighted by Crippen LogP contribution is -2.33. The van der Waals surface area contributed by atoms with Gasteiger partial charge in [-0.2, -0.15) is 5.10 Å². The van der Waals surface area contributed by atoms with Gasteiger partial charge < -0.3 is 16.0 Å². The molecule has 2 fully saturated rings. The van der Waals surface area contributed by atoms with Crippen LogP contribution in [0, 0.1) is 5.92 Å². The number of nitrogens with one attached hydrogen (secondary N) is 2. The molecule has 1 aliphatic heterocycles. The standard InChI is InChI=1S/C19H21N5O3/c20-18(26)14-7-8-24(19(14)27)13-5-1-11(2-6-13)9-17(25)21-16-10-15(22-23-16)12-3-4-12/h1-2,5-6,10,12,14H,3-4,7-9H2,(H2,20,26)(H2,21,22,23,25). The first kappa shape index (κ1) is 17.3. The number of nitrogens with two attached hydrogens (primary N) is 1. The van der Waals surface area contributed by atoms with Crippen LogP contribution < -0.4 is 16.0 Å². The molecule has 1 saturated heterocycles. The van der Waals surface area contributed by atoms with Gasteiger partial charge in [-0.25, -0.2) is 0 Å². The number of aromatic nitrogens is 2. The lowest BCUT2D eigenvalue weighted by atomic mass is 10.1. The Bertz CT molecular complexity index is 885. The van der Waals surface area contributed by atoms with Crippen molar-refractivity contribution in [1.82, 2.24) is 10.2 Å². The molecule has 8 heteroatoms. The normalized spacial score (nSPS) is 19.3. The van der Waals surface area contributed by atoms with Gasteiger partial charge in [-0.1, -0.05) is 12.1 Å². The van der Waals surface area contributed by atoms with Gasteiger partial charge in [-0.15, -0.1) is 0 Å². The number of carbonyl (C=O) groups excluding carboxylic acids is 3. The minimum absolute atomic E-state index is 0.150. The maximum absolute atomic E-state index is 12.2. The molecule has 1 atom stereocenters. The summed E-state index contributed by atoms with van der Waals surface area (Å²) >= 11 is 0. The molecule has 2 heterocycles. The van der Waals surface area contributed by atoms with E-state index in [2.05, 4.69) is 15.5 Å². The minimum atomic E-state index is -0.746. The first-order chi connectivity index (χ1) is 13.0. The van der Waals surface area contributed by atoms with E-state index in [-0.39, 0.29) is 18.2 Å². The molecule has 4 N–H and O–H groups in total. The Balaban J connectivity index is 1.35. The van der Waals surface area contributed by atoms with Gasteiger partial charge in [0.05, 0.1) is 6.42 Å². The zero-order valence-corrected chi connectivity index (χ0v) is 14.8. The summed E-state index contributed by atoms with van der Waals surface area (Å²) in [4.78, 5) is 37.3. The van der Waals surface area contributed by atoms with Crippen molar-refractivity contribution in [3.63, 3.8) is 0 Å². The van der Waals surface area contributed by atoms with Gasteiger partial charge in [0, 0.05) is 29.9 Å². The van der Waals surface area contributed by atoms with E-state index in [1.54, 1.807) is 29.2 Å². The van der Waals surface area contributed by atoms with Crippen LogP contribution in [0.25, 0.3) is 0 Å². The number of rotatable bonds is 6. The molecule has 3 amide bonds. The minimum Gasteiger partial charge on any atom is -0.369 e. The van der Waals surface area contributed by atoms with Crippen molar-refractivity contribution in [2.75, 3.05) is 16.8 Å². The molecule has 0 radical (unpaired) electrons. The summed E-state index contributed by atoms with van der Waals surface area (Å²) in [6.07, 6.45) is 2.98. The fourth-order valence-electron chi connectivity index (χ4n) is 3.37. The highest BCUT2D eigenvalue weighted by atomic mass is 16.2.